The van der Waals surface area contributed by atoms with Crippen LogP contribution in [0.4, 0.5) is 11.5 Å². The maximum atomic E-state index is 11.5. The normalized spacial score (nSPS) is 10.4. The smallest absolute Gasteiger partial charge is 0.337 e. The second-order valence-electron chi connectivity index (χ2n) is 5.14. The van der Waals surface area contributed by atoms with Crippen LogP contribution in [0.1, 0.15) is 10.4 Å². The first-order valence-electron chi connectivity index (χ1n) is 7.48. The van der Waals surface area contributed by atoms with Gasteiger partial charge in [0, 0.05) is 17.1 Å². The summed E-state index contributed by atoms with van der Waals surface area (Å²) in [5, 5.41) is 4.01. The summed E-state index contributed by atoms with van der Waals surface area (Å²) in [7, 11) is 4.50. The molecule has 0 aliphatic heterocycles. The van der Waals surface area contributed by atoms with Crippen molar-refractivity contribution >= 4 is 28.4 Å². The lowest BCUT2D eigenvalue weighted by Gasteiger charge is -2.12. The zero-order chi connectivity index (χ0) is 17.8. The van der Waals surface area contributed by atoms with Gasteiger partial charge in [-0.25, -0.2) is 14.8 Å². The molecule has 2 aromatic carbocycles. The predicted octanol–water partition coefficient (Wildman–Crippen LogP) is 3.18. The summed E-state index contributed by atoms with van der Waals surface area (Å²) in [6, 6.07) is 10.5. The van der Waals surface area contributed by atoms with Gasteiger partial charge in [0.25, 0.3) is 0 Å². The number of carbonyl (C=O) groups excluding carboxylic acids is 1. The number of methoxy groups -OCH3 is 3. The highest BCUT2D eigenvalue weighted by atomic mass is 16.5. The number of fused-ring (bicyclic) bond motifs is 1. The lowest BCUT2D eigenvalue weighted by atomic mass is 10.2. The number of aromatic nitrogens is 2. The van der Waals surface area contributed by atoms with Gasteiger partial charge >= 0.3 is 5.97 Å². The molecule has 0 spiro atoms. The summed E-state index contributed by atoms with van der Waals surface area (Å²) in [5.74, 6) is 1.43. The standard InChI is InChI=1S/C18H17N3O4/c1-23-15-8-13-14(9-16(15)24-2)19-10-20-17(13)21-12-6-4-11(5-7-12)18(22)25-3/h4-10H,1-3H3,(H,19,20,21). The van der Waals surface area contributed by atoms with Gasteiger partial charge in [0.2, 0.25) is 0 Å². The van der Waals surface area contributed by atoms with Crippen LogP contribution < -0.4 is 14.8 Å². The zero-order valence-corrected chi connectivity index (χ0v) is 14.1. The minimum absolute atomic E-state index is 0.379. The SMILES string of the molecule is COC(=O)c1ccc(Nc2ncnc3cc(OC)c(OC)cc23)cc1. The van der Waals surface area contributed by atoms with Crippen LogP contribution in [-0.4, -0.2) is 37.3 Å². The fourth-order valence-electron chi connectivity index (χ4n) is 2.43. The van der Waals surface area contributed by atoms with Crippen LogP contribution in [-0.2, 0) is 4.74 Å². The molecule has 0 aliphatic rings. The molecule has 0 fully saturated rings. The van der Waals surface area contributed by atoms with Gasteiger partial charge in [-0.3, -0.25) is 0 Å². The molecule has 3 rings (SSSR count). The van der Waals surface area contributed by atoms with Gasteiger partial charge in [0.1, 0.15) is 12.1 Å². The number of carbonyl (C=O) groups is 1. The second kappa shape index (κ2) is 7.04. The van der Waals surface area contributed by atoms with Gasteiger partial charge in [-0.1, -0.05) is 0 Å². The lowest BCUT2D eigenvalue weighted by molar-refractivity contribution is 0.0601. The maximum absolute atomic E-state index is 11.5. The van der Waals surface area contributed by atoms with Crippen molar-refractivity contribution < 1.29 is 19.0 Å². The van der Waals surface area contributed by atoms with Crippen LogP contribution in [0.5, 0.6) is 11.5 Å². The molecule has 7 nitrogen and oxygen atoms in total. The van der Waals surface area contributed by atoms with Gasteiger partial charge in [-0.05, 0) is 30.3 Å². The van der Waals surface area contributed by atoms with Crippen LogP contribution in [0.2, 0.25) is 0 Å². The molecule has 0 amide bonds. The molecule has 0 aliphatic carbocycles. The number of nitrogens with one attached hydrogen (secondary N) is 1. The number of anilines is 2. The molecule has 25 heavy (non-hydrogen) atoms. The van der Waals surface area contributed by atoms with Gasteiger partial charge < -0.3 is 19.5 Å². The Labute approximate surface area is 144 Å². The molecule has 0 unspecified atom stereocenters. The number of rotatable bonds is 5. The number of ether oxygens (including phenoxy) is 3. The van der Waals surface area contributed by atoms with Crippen LogP contribution in [0.25, 0.3) is 10.9 Å². The van der Waals surface area contributed by atoms with Crippen molar-refractivity contribution in [3.05, 3.63) is 48.3 Å². The lowest BCUT2D eigenvalue weighted by Crippen LogP contribution is -2.01. The molecular weight excluding hydrogens is 322 g/mol. The number of hydrogen-bond acceptors (Lipinski definition) is 7. The quantitative estimate of drug-likeness (QED) is 0.715. The first-order valence-corrected chi connectivity index (χ1v) is 7.48. The van der Waals surface area contributed by atoms with Gasteiger partial charge in [0.15, 0.2) is 11.5 Å². The summed E-state index contributed by atoms with van der Waals surface area (Å²) in [6.45, 7) is 0. The Morgan fingerprint density at radius 2 is 1.64 bits per heavy atom. The second-order valence-corrected chi connectivity index (χ2v) is 5.14. The topological polar surface area (TPSA) is 82.6 Å². The summed E-state index contributed by atoms with van der Waals surface area (Å²) < 4.78 is 15.3. The molecule has 1 aromatic heterocycles. The maximum Gasteiger partial charge on any atom is 0.337 e. The first-order chi connectivity index (χ1) is 12.2. The number of esters is 1. The summed E-state index contributed by atoms with van der Waals surface area (Å²) in [5.41, 5.74) is 1.98. The number of nitrogens with zero attached hydrogens (tertiary/aromatic N) is 2. The Balaban J connectivity index is 1.97. The molecule has 0 radical (unpaired) electrons. The van der Waals surface area contributed by atoms with Crippen LogP contribution >= 0.6 is 0 Å². The van der Waals surface area contributed by atoms with E-state index in [-0.39, 0.29) is 5.97 Å². The first kappa shape index (κ1) is 16.5. The van der Waals surface area contributed by atoms with E-state index in [1.54, 1.807) is 44.6 Å². The average molecular weight is 339 g/mol. The molecule has 128 valence electrons. The minimum atomic E-state index is -0.379. The van der Waals surface area contributed by atoms with Gasteiger partial charge in [-0.2, -0.15) is 0 Å². The molecular formula is C18H17N3O4. The minimum Gasteiger partial charge on any atom is -0.493 e. The molecule has 0 atom stereocenters. The van der Waals surface area contributed by atoms with E-state index < -0.39 is 0 Å². The third-order valence-electron chi connectivity index (χ3n) is 3.71. The Bertz CT molecular complexity index is 910. The third kappa shape index (κ3) is 3.30. The van der Waals surface area contributed by atoms with E-state index >= 15 is 0 Å². The van der Waals surface area contributed by atoms with E-state index in [4.69, 9.17) is 14.2 Å². The van der Waals surface area contributed by atoms with Gasteiger partial charge in [-0.15, -0.1) is 0 Å². The monoisotopic (exact) mass is 339 g/mol. The highest BCUT2D eigenvalue weighted by Crippen LogP contribution is 2.34. The Hall–Kier alpha value is -3.35. The largest absolute Gasteiger partial charge is 0.493 e. The van der Waals surface area contributed by atoms with Gasteiger partial charge in [0.05, 0.1) is 32.4 Å². The summed E-state index contributed by atoms with van der Waals surface area (Å²) in [6.07, 6.45) is 1.47. The highest BCUT2D eigenvalue weighted by molar-refractivity contribution is 5.93. The Morgan fingerprint density at radius 3 is 2.28 bits per heavy atom. The van der Waals surface area contributed by atoms with Crippen molar-refractivity contribution in [2.24, 2.45) is 0 Å². The number of benzene rings is 2. The molecule has 1 heterocycles. The van der Waals surface area contributed by atoms with Crippen molar-refractivity contribution in [3.8, 4) is 11.5 Å². The summed E-state index contributed by atoms with van der Waals surface area (Å²) >= 11 is 0. The van der Waals surface area contributed by atoms with E-state index in [2.05, 4.69) is 15.3 Å². The van der Waals surface area contributed by atoms with Crippen molar-refractivity contribution in [3.63, 3.8) is 0 Å². The van der Waals surface area contributed by atoms with E-state index in [1.165, 1.54) is 13.4 Å². The molecule has 3 aromatic rings. The van der Waals surface area contributed by atoms with E-state index in [0.29, 0.717) is 22.9 Å². The fourth-order valence-corrected chi connectivity index (χ4v) is 2.43. The average Bonchev–Trinajstić information content (AvgIpc) is 2.67. The van der Waals surface area contributed by atoms with E-state index in [0.717, 1.165) is 16.6 Å². The molecule has 1 N–H and O–H groups in total. The Kier molecular flexibility index (Phi) is 4.65. The molecule has 7 heteroatoms. The van der Waals surface area contributed by atoms with E-state index in [1.807, 2.05) is 6.07 Å². The van der Waals surface area contributed by atoms with Crippen molar-refractivity contribution in [1.82, 2.24) is 9.97 Å². The molecule has 0 bridgehead atoms. The highest BCUT2D eigenvalue weighted by Gasteiger charge is 2.11. The van der Waals surface area contributed by atoms with Crippen molar-refractivity contribution in [2.75, 3.05) is 26.6 Å². The third-order valence-corrected chi connectivity index (χ3v) is 3.71. The predicted molar refractivity (Wildman–Crippen MR) is 93.7 cm³/mol. The van der Waals surface area contributed by atoms with Crippen LogP contribution in [0.3, 0.4) is 0 Å². The molecule has 0 saturated heterocycles. The van der Waals surface area contributed by atoms with Crippen molar-refractivity contribution in [1.29, 1.82) is 0 Å². The van der Waals surface area contributed by atoms with Crippen LogP contribution in [0.15, 0.2) is 42.7 Å². The van der Waals surface area contributed by atoms with E-state index in [9.17, 15) is 4.79 Å². The van der Waals surface area contributed by atoms with Crippen LogP contribution in [0, 0.1) is 0 Å². The fraction of sp³-hybridized carbons (Fsp3) is 0.167. The summed E-state index contributed by atoms with van der Waals surface area (Å²) in [4.78, 5) is 20.1. The molecule has 0 saturated carbocycles. The Morgan fingerprint density at radius 1 is 0.960 bits per heavy atom. The zero-order valence-electron chi connectivity index (χ0n) is 14.1. The number of hydrogen-bond donors (Lipinski definition) is 1. The van der Waals surface area contributed by atoms with Crippen molar-refractivity contribution in [2.45, 2.75) is 0 Å².